The van der Waals surface area contributed by atoms with Crippen LogP contribution in [0.2, 0.25) is 0 Å². The molecule has 0 aliphatic carbocycles. The molecule has 0 aromatic rings. The van der Waals surface area contributed by atoms with Crippen molar-refractivity contribution in [2.24, 2.45) is 0 Å². The average molecular weight is 640 g/mol. The van der Waals surface area contributed by atoms with Crippen molar-refractivity contribution in [3.05, 3.63) is 13.8 Å². The fourth-order valence-corrected chi connectivity index (χ4v) is 6.39. The molecular weight excluding hydrogens is 568 g/mol. The van der Waals surface area contributed by atoms with Crippen molar-refractivity contribution in [1.29, 1.82) is 0 Å². The Morgan fingerprint density at radius 2 is 1.18 bits per heavy atom. The van der Waals surface area contributed by atoms with Crippen LogP contribution in [0.3, 0.4) is 0 Å². The van der Waals surface area contributed by atoms with Gasteiger partial charge < -0.3 is 22.3 Å². The molecule has 0 aromatic carbocycles. The predicted octanol–water partition coefficient (Wildman–Crippen LogP) is 6.21. The molecule has 0 spiro atoms. The second kappa shape index (κ2) is 33.4. The number of rotatable bonds is 33. The molecule has 0 bridgehead atoms. The fourth-order valence-electron chi connectivity index (χ4n) is 6.39. The highest BCUT2D eigenvalue weighted by molar-refractivity contribution is 5.78. The van der Waals surface area contributed by atoms with Crippen molar-refractivity contribution in [2.75, 3.05) is 39.4 Å². The molecule has 6 heteroatoms. The van der Waals surface area contributed by atoms with Crippen molar-refractivity contribution in [3.63, 3.8) is 0 Å². The van der Waals surface area contributed by atoms with Gasteiger partial charge in [-0.3, -0.25) is 14.3 Å². The number of carbonyl (C=O) groups is 1. The first-order chi connectivity index (χ1) is 21.2. The summed E-state index contributed by atoms with van der Waals surface area (Å²) < 4.78 is 7.87. The summed E-state index contributed by atoms with van der Waals surface area (Å²) in [6.07, 6.45) is 35.3. The third-order valence-electron chi connectivity index (χ3n) is 9.14. The Bertz CT molecular complexity index is 658. The van der Waals surface area contributed by atoms with Gasteiger partial charge in [0.25, 0.3) is 0 Å². The Morgan fingerprint density at radius 1 is 0.727 bits per heavy atom. The van der Waals surface area contributed by atoms with Gasteiger partial charge in [0.05, 0.1) is 19.9 Å². The van der Waals surface area contributed by atoms with E-state index in [9.17, 15) is 9.90 Å². The van der Waals surface area contributed by atoms with Crippen LogP contribution in [-0.2, 0) is 9.53 Å². The Hall–Kier alpha value is -0.940. The Balaban J connectivity index is 0.0000185. The van der Waals surface area contributed by atoms with Gasteiger partial charge in [0.2, 0.25) is 5.84 Å². The van der Waals surface area contributed by atoms with E-state index < -0.39 is 0 Å². The van der Waals surface area contributed by atoms with E-state index in [0.29, 0.717) is 19.6 Å². The number of halogens is 1. The number of amidine groups is 1. The number of esters is 1. The molecule has 0 amide bonds. The number of nitrogens with zero attached hydrogens (tertiary/aromatic N) is 2. The van der Waals surface area contributed by atoms with E-state index in [4.69, 9.17) is 4.74 Å². The van der Waals surface area contributed by atoms with Crippen molar-refractivity contribution >= 4 is 11.8 Å². The minimum absolute atomic E-state index is 0. The highest BCUT2D eigenvalue weighted by Crippen LogP contribution is 2.16. The van der Waals surface area contributed by atoms with E-state index >= 15 is 0 Å². The molecular formula is C38H72ClN2O3. The summed E-state index contributed by atoms with van der Waals surface area (Å²) in [5, 5.41) is 11.3. The van der Waals surface area contributed by atoms with E-state index in [1.165, 1.54) is 147 Å². The molecule has 0 fully saturated rings. The number of hydrogen-bond acceptors (Lipinski definition) is 4. The lowest BCUT2D eigenvalue weighted by Crippen LogP contribution is -3.00. The molecule has 0 saturated carbocycles. The molecule has 0 atom stereocenters. The van der Waals surface area contributed by atoms with Gasteiger partial charge in [0.1, 0.15) is 26.2 Å². The molecule has 5 nitrogen and oxygen atoms in total. The standard InChI is InChI=1S/C38H72N2O3.ClH/c1-3-5-7-9-11-13-15-17-19-21-23-25-27-29-37-39(33-35-41)31-32-40(37)34-36-43-38(42)30-28-26-24-22-20-18-16-14-12-10-8-6-4-2;/h1-36H2;1H/q+1;/p-1. The SMILES string of the molecule is [CH2]CCCCCCCCCCCCCCC(=O)OCCN1CC[N+](CC[O-])=C1CCCCCCCCCCCCCC[CH2+].[Cl-]. The lowest BCUT2D eigenvalue weighted by Gasteiger charge is -2.15. The van der Waals surface area contributed by atoms with Crippen molar-refractivity contribution in [2.45, 2.75) is 180 Å². The first-order valence-corrected chi connectivity index (χ1v) is 18.9. The Labute approximate surface area is 280 Å². The minimum Gasteiger partial charge on any atom is -1.00 e. The van der Waals surface area contributed by atoms with Crippen LogP contribution in [0.1, 0.15) is 180 Å². The molecule has 44 heavy (non-hydrogen) atoms. The summed E-state index contributed by atoms with van der Waals surface area (Å²) in [5.41, 5.74) is 0. The third kappa shape index (κ3) is 25.3. The van der Waals surface area contributed by atoms with E-state index in [1.54, 1.807) is 0 Å². The van der Waals surface area contributed by atoms with Crippen LogP contribution in [0.4, 0.5) is 0 Å². The molecule has 1 radical (unpaired) electrons. The van der Waals surface area contributed by atoms with E-state index in [0.717, 1.165) is 51.7 Å². The van der Waals surface area contributed by atoms with Crippen LogP contribution in [0.15, 0.2) is 0 Å². The summed E-state index contributed by atoms with van der Waals surface area (Å²) in [7, 11) is 0. The zero-order valence-corrected chi connectivity index (χ0v) is 29.7. The molecule has 0 saturated heterocycles. The van der Waals surface area contributed by atoms with Crippen LogP contribution in [-0.4, -0.2) is 60.7 Å². The van der Waals surface area contributed by atoms with Crippen LogP contribution < -0.4 is 17.5 Å². The normalized spacial score (nSPS) is 13.1. The second-order valence-electron chi connectivity index (χ2n) is 13.0. The fraction of sp³-hybridized carbons (Fsp3) is 0.895. The van der Waals surface area contributed by atoms with Crippen LogP contribution >= 0.6 is 0 Å². The first-order valence-electron chi connectivity index (χ1n) is 18.9. The molecule has 1 aliphatic rings. The number of ether oxygens (including phenoxy) is 1. The molecule has 1 rings (SSSR count). The van der Waals surface area contributed by atoms with Gasteiger partial charge in [-0.1, -0.05) is 142 Å². The molecule has 1 heterocycles. The molecule has 0 N–H and O–H groups in total. The Kier molecular flexibility index (Phi) is 32.7. The summed E-state index contributed by atoms with van der Waals surface area (Å²) in [5.74, 6) is 1.25. The smallest absolute Gasteiger partial charge is 0.305 e. The number of unbranched alkanes of at least 4 members (excludes halogenated alkanes) is 24. The van der Waals surface area contributed by atoms with Gasteiger partial charge in [-0.2, -0.15) is 0 Å². The van der Waals surface area contributed by atoms with Gasteiger partial charge in [0.15, 0.2) is 0 Å². The van der Waals surface area contributed by atoms with Gasteiger partial charge in [-0.25, -0.2) is 0 Å². The zero-order chi connectivity index (χ0) is 31.1. The van der Waals surface area contributed by atoms with E-state index in [2.05, 4.69) is 23.3 Å². The van der Waals surface area contributed by atoms with E-state index in [1.807, 2.05) is 0 Å². The summed E-state index contributed by atoms with van der Waals surface area (Å²) in [6.45, 7) is 11.4. The number of carbonyl (C=O) groups excluding carboxylic acids is 1. The van der Waals surface area contributed by atoms with Crippen molar-refractivity contribution in [1.82, 2.24) is 4.90 Å². The predicted molar refractivity (Wildman–Crippen MR) is 182 cm³/mol. The van der Waals surface area contributed by atoms with Gasteiger partial charge in [-0.15, -0.1) is 6.61 Å². The topological polar surface area (TPSA) is 55.6 Å². The highest BCUT2D eigenvalue weighted by Gasteiger charge is 2.29. The Morgan fingerprint density at radius 3 is 1.66 bits per heavy atom. The summed E-state index contributed by atoms with van der Waals surface area (Å²) in [6, 6.07) is 0. The van der Waals surface area contributed by atoms with Crippen LogP contribution in [0.25, 0.3) is 0 Å². The van der Waals surface area contributed by atoms with Crippen LogP contribution in [0.5, 0.6) is 0 Å². The second-order valence-corrected chi connectivity index (χ2v) is 13.0. The average Bonchev–Trinajstić information content (AvgIpc) is 3.38. The summed E-state index contributed by atoms with van der Waals surface area (Å²) in [4.78, 5) is 14.6. The highest BCUT2D eigenvalue weighted by atomic mass is 35.5. The molecule has 0 unspecified atom stereocenters. The van der Waals surface area contributed by atoms with Crippen molar-refractivity contribution in [3.8, 4) is 0 Å². The maximum atomic E-state index is 12.3. The summed E-state index contributed by atoms with van der Waals surface area (Å²) >= 11 is 0. The maximum Gasteiger partial charge on any atom is 0.305 e. The van der Waals surface area contributed by atoms with E-state index in [-0.39, 0.29) is 25.0 Å². The minimum atomic E-state index is -0.0560. The molecule has 0 aromatic heterocycles. The first kappa shape index (κ1) is 43.1. The molecule has 1 aliphatic heterocycles. The van der Waals surface area contributed by atoms with Gasteiger partial charge in [-0.05, 0) is 25.7 Å². The largest absolute Gasteiger partial charge is 1.00 e. The molecule has 259 valence electrons. The van der Waals surface area contributed by atoms with Crippen LogP contribution in [0, 0.1) is 13.8 Å². The lowest BCUT2D eigenvalue weighted by molar-refractivity contribution is -0.550. The lowest BCUT2D eigenvalue weighted by atomic mass is 10.0. The van der Waals surface area contributed by atoms with Gasteiger partial charge in [0, 0.05) is 12.8 Å². The van der Waals surface area contributed by atoms with Crippen molar-refractivity contribution < 1.29 is 31.6 Å². The number of hydrogen-bond donors (Lipinski definition) is 0. The third-order valence-corrected chi connectivity index (χ3v) is 9.14. The zero-order valence-electron chi connectivity index (χ0n) is 29.0. The van der Waals surface area contributed by atoms with Gasteiger partial charge >= 0.3 is 5.97 Å². The maximum absolute atomic E-state index is 12.3. The monoisotopic (exact) mass is 640 g/mol. The quantitative estimate of drug-likeness (QED) is 0.0371.